The van der Waals surface area contributed by atoms with E-state index in [1.165, 1.54) is 3.57 Å². The Morgan fingerprint density at radius 1 is 1.43 bits per heavy atom. The third-order valence-electron chi connectivity index (χ3n) is 2.47. The summed E-state index contributed by atoms with van der Waals surface area (Å²) in [6.07, 6.45) is 1.89. The molecule has 1 nitrogen and oxygen atoms in total. The molecule has 0 aliphatic rings. The van der Waals surface area contributed by atoms with Crippen LogP contribution in [0.15, 0.2) is 24.3 Å². The highest BCUT2D eigenvalue weighted by Gasteiger charge is 2.15. The Balaban J connectivity index is 2.73. The topological polar surface area (TPSA) is 20.2 Å². The van der Waals surface area contributed by atoms with Gasteiger partial charge in [-0.05, 0) is 52.6 Å². The van der Waals surface area contributed by atoms with E-state index in [9.17, 15) is 5.11 Å². The maximum Gasteiger partial charge on any atom is 0.0815 e. The van der Waals surface area contributed by atoms with E-state index >= 15 is 0 Å². The first-order chi connectivity index (χ1) is 6.65. The summed E-state index contributed by atoms with van der Waals surface area (Å²) in [6, 6.07) is 8.09. The van der Waals surface area contributed by atoms with Crippen LogP contribution in [0.4, 0.5) is 0 Å². The van der Waals surface area contributed by atoms with Gasteiger partial charge in [0.2, 0.25) is 0 Å². The van der Waals surface area contributed by atoms with E-state index in [2.05, 4.69) is 42.5 Å². The molecule has 2 unspecified atom stereocenters. The smallest absolute Gasteiger partial charge is 0.0815 e. The molecular formula is C12H17IO. The quantitative estimate of drug-likeness (QED) is 0.840. The molecule has 0 aliphatic heterocycles. The van der Waals surface area contributed by atoms with E-state index in [0.29, 0.717) is 5.92 Å². The van der Waals surface area contributed by atoms with Crippen LogP contribution in [0.5, 0.6) is 0 Å². The monoisotopic (exact) mass is 304 g/mol. The standard InChI is InChI=1S/C12H17IO/c1-3-5-9(2)12(14)10-6-4-7-11(13)8-10/h4,6-9,12,14H,3,5H2,1-2H3. The molecule has 1 N–H and O–H groups in total. The van der Waals surface area contributed by atoms with Gasteiger partial charge in [-0.15, -0.1) is 0 Å². The maximum atomic E-state index is 10.0. The van der Waals surface area contributed by atoms with E-state index in [0.717, 1.165) is 18.4 Å². The Hall–Kier alpha value is -0.0900. The van der Waals surface area contributed by atoms with Gasteiger partial charge in [-0.2, -0.15) is 0 Å². The summed E-state index contributed by atoms with van der Waals surface area (Å²) in [5.74, 6) is 0.346. The number of rotatable bonds is 4. The van der Waals surface area contributed by atoms with Gasteiger partial charge in [0.1, 0.15) is 0 Å². The SMILES string of the molecule is CCCC(C)C(O)c1cccc(I)c1. The van der Waals surface area contributed by atoms with E-state index in [1.54, 1.807) is 0 Å². The zero-order chi connectivity index (χ0) is 10.6. The highest BCUT2D eigenvalue weighted by molar-refractivity contribution is 14.1. The Morgan fingerprint density at radius 2 is 2.14 bits per heavy atom. The first-order valence-electron chi connectivity index (χ1n) is 5.08. The first kappa shape index (κ1) is 12.0. The Bertz CT molecular complexity index is 285. The summed E-state index contributed by atoms with van der Waals surface area (Å²) in [6.45, 7) is 4.26. The molecule has 14 heavy (non-hydrogen) atoms. The van der Waals surface area contributed by atoms with Gasteiger partial charge in [0, 0.05) is 3.57 Å². The van der Waals surface area contributed by atoms with Crippen LogP contribution in [0.25, 0.3) is 0 Å². The van der Waals surface area contributed by atoms with Crippen molar-refractivity contribution in [2.24, 2.45) is 5.92 Å². The van der Waals surface area contributed by atoms with Gasteiger partial charge in [0.15, 0.2) is 0 Å². The maximum absolute atomic E-state index is 10.0. The molecule has 0 aromatic heterocycles. The van der Waals surface area contributed by atoms with Gasteiger partial charge in [-0.3, -0.25) is 0 Å². The minimum absolute atomic E-state index is 0.315. The first-order valence-corrected chi connectivity index (χ1v) is 6.16. The van der Waals surface area contributed by atoms with Crippen molar-refractivity contribution in [1.29, 1.82) is 0 Å². The summed E-state index contributed by atoms with van der Waals surface area (Å²) in [5.41, 5.74) is 1.04. The highest BCUT2D eigenvalue weighted by atomic mass is 127. The van der Waals surface area contributed by atoms with Crippen molar-refractivity contribution < 1.29 is 5.11 Å². The van der Waals surface area contributed by atoms with Crippen LogP contribution in [-0.2, 0) is 0 Å². The third kappa shape index (κ3) is 3.24. The van der Waals surface area contributed by atoms with E-state index < -0.39 is 0 Å². The molecule has 2 heteroatoms. The highest BCUT2D eigenvalue weighted by Crippen LogP contribution is 2.25. The summed E-state index contributed by atoms with van der Waals surface area (Å²) < 4.78 is 1.18. The zero-order valence-corrected chi connectivity index (χ0v) is 10.9. The Morgan fingerprint density at radius 3 is 2.71 bits per heavy atom. The van der Waals surface area contributed by atoms with Gasteiger partial charge in [-0.1, -0.05) is 32.4 Å². The largest absolute Gasteiger partial charge is 0.388 e. The number of aliphatic hydroxyl groups is 1. The third-order valence-corrected chi connectivity index (χ3v) is 3.14. The molecule has 2 atom stereocenters. The van der Waals surface area contributed by atoms with E-state index in [1.807, 2.05) is 18.2 Å². The van der Waals surface area contributed by atoms with Gasteiger partial charge in [0.25, 0.3) is 0 Å². The molecule has 0 amide bonds. The molecule has 1 aromatic carbocycles. The van der Waals surface area contributed by atoms with Crippen LogP contribution < -0.4 is 0 Å². The van der Waals surface area contributed by atoms with E-state index in [-0.39, 0.29) is 6.10 Å². The van der Waals surface area contributed by atoms with E-state index in [4.69, 9.17) is 0 Å². The normalized spacial score (nSPS) is 15.1. The van der Waals surface area contributed by atoms with Crippen LogP contribution in [-0.4, -0.2) is 5.11 Å². The second-order valence-corrected chi connectivity index (χ2v) is 5.01. The van der Waals surface area contributed by atoms with Gasteiger partial charge in [-0.25, -0.2) is 0 Å². The Labute approximate surface area is 99.7 Å². The van der Waals surface area contributed by atoms with Gasteiger partial charge in [0.05, 0.1) is 6.10 Å². The Kier molecular flexibility index (Phi) is 4.89. The molecule has 1 rings (SSSR count). The molecule has 0 fully saturated rings. The minimum Gasteiger partial charge on any atom is -0.388 e. The second-order valence-electron chi connectivity index (χ2n) is 3.77. The summed E-state index contributed by atoms with van der Waals surface area (Å²) in [7, 11) is 0. The average Bonchev–Trinajstić information content (AvgIpc) is 2.17. The fourth-order valence-electron chi connectivity index (χ4n) is 1.63. The van der Waals surface area contributed by atoms with Crippen LogP contribution in [0.3, 0.4) is 0 Å². The summed E-state index contributed by atoms with van der Waals surface area (Å²) >= 11 is 2.27. The molecule has 1 aromatic rings. The molecule has 0 saturated heterocycles. The second kappa shape index (κ2) is 5.71. The lowest BCUT2D eigenvalue weighted by molar-refractivity contribution is 0.112. The molecule has 0 radical (unpaired) electrons. The lowest BCUT2D eigenvalue weighted by Crippen LogP contribution is -2.08. The lowest BCUT2D eigenvalue weighted by Gasteiger charge is -2.18. The number of hydrogen-bond acceptors (Lipinski definition) is 1. The van der Waals surface area contributed by atoms with Crippen molar-refractivity contribution in [3.63, 3.8) is 0 Å². The van der Waals surface area contributed by atoms with Crippen LogP contribution >= 0.6 is 22.6 Å². The number of aliphatic hydroxyl groups excluding tert-OH is 1. The fourth-order valence-corrected chi connectivity index (χ4v) is 2.20. The summed E-state index contributed by atoms with van der Waals surface area (Å²) in [4.78, 5) is 0. The molecule has 0 bridgehead atoms. The van der Waals surface area contributed by atoms with Crippen molar-refractivity contribution in [1.82, 2.24) is 0 Å². The van der Waals surface area contributed by atoms with Gasteiger partial charge < -0.3 is 5.11 Å². The van der Waals surface area contributed by atoms with Crippen LogP contribution in [0.2, 0.25) is 0 Å². The van der Waals surface area contributed by atoms with Crippen LogP contribution in [0.1, 0.15) is 38.4 Å². The van der Waals surface area contributed by atoms with Crippen molar-refractivity contribution in [3.05, 3.63) is 33.4 Å². The molecule has 0 aliphatic carbocycles. The predicted octanol–water partition coefficient (Wildman–Crippen LogP) is 3.76. The number of hydrogen-bond donors (Lipinski definition) is 1. The van der Waals surface area contributed by atoms with Crippen molar-refractivity contribution in [2.75, 3.05) is 0 Å². The number of halogens is 1. The lowest BCUT2D eigenvalue weighted by atomic mass is 9.94. The molecule has 0 saturated carbocycles. The van der Waals surface area contributed by atoms with Crippen molar-refractivity contribution in [3.8, 4) is 0 Å². The molecule has 0 spiro atoms. The molecule has 78 valence electrons. The molecular weight excluding hydrogens is 287 g/mol. The zero-order valence-electron chi connectivity index (χ0n) is 8.70. The minimum atomic E-state index is -0.315. The van der Waals surface area contributed by atoms with Crippen molar-refractivity contribution >= 4 is 22.6 Å². The molecule has 0 heterocycles. The average molecular weight is 304 g/mol. The van der Waals surface area contributed by atoms with Crippen LogP contribution in [0, 0.1) is 9.49 Å². The van der Waals surface area contributed by atoms with Crippen molar-refractivity contribution in [2.45, 2.75) is 32.8 Å². The fraction of sp³-hybridized carbons (Fsp3) is 0.500. The summed E-state index contributed by atoms with van der Waals surface area (Å²) in [5, 5.41) is 10.0. The van der Waals surface area contributed by atoms with Gasteiger partial charge >= 0.3 is 0 Å². The number of benzene rings is 1. The predicted molar refractivity (Wildman–Crippen MR) is 68.2 cm³/mol.